The number of hydrogen-bond acceptors (Lipinski definition) is 2. The van der Waals surface area contributed by atoms with Gasteiger partial charge < -0.3 is 6.92 Å². The van der Waals surface area contributed by atoms with E-state index >= 15 is 0 Å². The van der Waals surface area contributed by atoms with Gasteiger partial charge in [-0.1, -0.05) is 17.7 Å². The fourth-order valence-electron chi connectivity index (χ4n) is 1.75. The van der Waals surface area contributed by atoms with Crippen molar-refractivity contribution in [3.63, 3.8) is 0 Å². The van der Waals surface area contributed by atoms with E-state index in [1.165, 1.54) is 0 Å². The Balaban J connectivity index is 0.00000162. The van der Waals surface area contributed by atoms with E-state index in [0.29, 0.717) is 23.0 Å². The smallest absolute Gasteiger partial charge is 0.261 e. The summed E-state index contributed by atoms with van der Waals surface area (Å²) >= 11 is 0. The maximum Gasteiger partial charge on any atom is 0.261 e. The van der Waals surface area contributed by atoms with Gasteiger partial charge in [0.15, 0.2) is 0 Å². The van der Waals surface area contributed by atoms with Gasteiger partial charge in [-0.3, -0.25) is 14.5 Å². The molecule has 0 saturated carbocycles. The van der Waals surface area contributed by atoms with E-state index in [-0.39, 0.29) is 66.5 Å². The molecule has 3 nitrogen and oxygen atoms in total. The molecule has 2 amide bonds. The number of rotatable bonds is 3. The maximum atomic E-state index is 12.4. The third-order valence-electron chi connectivity index (χ3n) is 2.71. The van der Waals surface area contributed by atoms with Crippen molar-refractivity contribution in [1.29, 1.82) is 0 Å². The Bertz CT molecular complexity index is 478. The van der Waals surface area contributed by atoms with E-state index in [4.69, 9.17) is 0 Å². The number of carbonyl (C=O) groups is 2. The molecule has 0 saturated heterocycles. The Kier molecular flexibility index (Phi) is 5.62. The number of amides is 2. The average Bonchev–Trinajstić information content (AvgIpc) is 2.61. The van der Waals surface area contributed by atoms with Crippen LogP contribution < -0.4 is 0 Å². The Hall–Kier alpha value is -0.593. The number of imide groups is 1. The fourth-order valence-corrected chi connectivity index (χ4v) is 1.75. The Morgan fingerprint density at radius 3 is 2.11 bits per heavy atom. The van der Waals surface area contributed by atoms with E-state index < -0.39 is 0 Å². The molecule has 0 N–H and O–H groups in total. The molecule has 0 atom stereocenters. The zero-order chi connectivity index (χ0) is 12.4. The minimum Gasteiger partial charge on any atom is -0.339 e. The number of halogens is 1. The molecular formula is C13H11CeFNO2-. The van der Waals surface area contributed by atoms with Gasteiger partial charge in [-0.05, 0) is 12.1 Å². The summed E-state index contributed by atoms with van der Waals surface area (Å²) in [4.78, 5) is 24.9. The van der Waals surface area contributed by atoms with E-state index in [1.807, 2.05) is 0 Å². The molecule has 1 aromatic rings. The summed E-state index contributed by atoms with van der Waals surface area (Å²) in [5, 5.41) is 0. The first kappa shape index (κ1) is 15.5. The van der Waals surface area contributed by atoms with Gasteiger partial charge in [0.2, 0.25) is 0 Å². The molecule has 0 bridgehead atoms. The van der Waals surface area contributed by atoms with Gasteiger partial charge in [0.25, 0.3) is 11.8 Å². The Labute approximate surface area is 138 Å². The number of nitrogens with zero attached hydrogens (tertiary/aromatic N) is 1. The fraction of sp³-hybridized carbons (Fsp3) is 0.154. The number of fused-ring (bicyclic) bond motifs is 1. The molecule has 1 aromatic carbocycles. The summed E-state index contributed by atoms with van der Waals surface area (Å²) in [6, 6.07) is 6.58. The first-order chi connectivity index (χ1) is 8.19. The van der Waals surface area contributed by atoms with E-state index in [9.17, 15) is 14.0 Å². The number of hydrogen-bond donors (Lipinski definition) is 0. The molecule has 0 aromatic heterocycles. The molecule has 1 heterocycles. The zero-order valence-corrected chi connectivity index (χ0v) is 12.8. The van der Waals surface area contributed by atoms with Crippen LogP contribution in [0, 0.1) is 48.7 Å². The van der Waals surface area contributed by atoms with Crippen molar-refractivity contribution in [2.45, 2.75) is 6.42 Å². The molecule has 1 aliphatic heterocycles. The topological polar surface area (TPSA) is 37.4 Å². The molecule has 2 rings (SSSR count). The van der Waals surface area contributed by atoms with Crippen LogP contribution in [0.25, 0.3) is 0 Å². The average molecular weight is 372 g/mol. The van der Waals surface area contributed by atoms with E-state index in [1.54, 1.807) is 24.3 Å². The minimum absolute atomic E-state index is 0. The van der Waals surface area contributed by atoms with Crippen molar-refractivity contribution < 1.29 is 55.7 Å². The summed E-state index contributed by atoms with van der Waals surface area (Å²) in [5.41, 5.74) is 1.07. The normalized spacial score (nSPS) is 14.6. The Morgan fingerprint density at radius 1 is 1.22 bits per heavy atom. The van der Waals surface area contributed by atoms with Crippen LogP contribution in [0.5, 0.6) is 0 Å². The molecule has 5 heteroatoms. The van der Waals surface area contributed by atoms with Gasteiger partial charge in [-0.15, -0.1) is 0 Å². The monoisotopic (exact) mass is 372 g/mol. The van der Waals surface area contributed by atoms with Gasteiger partial charge in [0, 0.05) is 41.7 Å². The largest absolute Gasteiger partial charge is 0.339 e. The molecule has 0 spiro atoms. The van der Waals surface area contributed by atoms with Crippen LogP contribution in [-0.2, 0) is 0 Å². The number of carbonyl (C=O) groups excluding carboxylic acids is 2. The summed E-state index contributed by atoms with van der Waals surface area (Å²) in [6.07, 6.45) is 0.625. The molecular weight excluding hydrogens is 361 g/mol. The first-order valence-electron chi connectivity index (χ1n) is 5.21. The molecule has 0 fully saturated rings. The summed E-state index contributed by atoms with van der Waals surface area (Å²) in [7, 11) is 0. The summed E-state index contributed by atoms with van der Waals surface area (Å²) in [6.45, 7) is 3.51. The SMILES string of the molecule is [CH2-]C/C(=C/F)CN1C(=O)c2ccccc2C1=O.[Ce]. The standard InChI is InChI=1S/C13H11FNO2.Ce/c1-2-9(7-14)8-15-12(16)10-5-3-4-6-11(10)13(15)17;/h3-7H,1-2,8H2;/q-1;/b9-7-;. The van der Waals surface area contributed by atoms with Crippen LogP contribution in [0.15, 0.2) is 36.2 Å². The summed E-state index contributed by atoms with van der Waals surface area (Å²) < 4.78 is 12.4. The zero-order valence-electron chi connectivity index (χ0n) is 9.65. The minimum atomic E-state index is -0.376. The first-order valence-corrected chi connectivity index (χ1v) is 5.21. The van der Waals surface area contributed by atoms with Crippen LogP contribution in [-0.4, -0.2) is 23.3 Å². The van der Waals surface area contributed by atoms with Gasteiger partial charge in [-0.2, -0.15) is 6.42 Å². The van der Waals surface area contributed by atoms with Crippen molar-refractivity contribution in [1.82, 2.24) is 4.90 Å². The Morgan fingerprint density at radius 2 is 1.72 bits per heavy atom. The van der Waals surface area contributed by atoms with Crippen molar-refractivity contribution in [2.75, 3.05) is 6.54 Å². The van der Waals surface area contributed by atoms with Crippen molar-refractivity contribution in [3.05, 3.63) is 54.2 Å². The molecule has 0 radical (unpaired) electrons. The second-order valence-corrected chi connectivity index (χ2v) is 3.76. The van der Waals surface area contributed by atoms with Gasteiger partial charge in [0.1, 0.15) is 0 Å². The van der Waals surface area contributed by atoms with Crippen LogP contribution in [0.1, 0.15) is 27.1 Å². The van der Waals surface area contributed by atoms with Crippen LogP contribution in [0.3, 0.4) is 0 Å². The van der Waals surface area contributed by atoms with E-state index in [0.717, 1.165) is 4.90 Å². The third kappa shape index (κ3) is 2.70. The van der Waals surface area contributed by atoms with Crippen LogP contribution in [0.2, 0.25) is 0 Å². The quantitative estimate of drug-likeness (QED) is 0.604. The van der Waals surface area contributed by atoms with Crippen LogP contribution >= 0.6 is 0 Å². The molecule has 0 unspecified atom stereocenters. The van der Waals surface area contributed by atoms with E-state index in [2.05, 4.69) is 6.92 Å². The van der Waals surface area contributed by atoms with Crippen molar-refractivity contribution in [2.24, 2.45) is 0 Å². The second-order valence-electron chi connectivity index (χ2n) is 3.76. The van der Waals surface area contributed by atoms with Gasteiger partial charge in [0.05, 0.1) is 24.0 Å². The van der Waals surface area contributed by atoms with Crippen molar-refractivity contribution >= 4 is 11.8 Å². The predicted octanol–water partition coefficient (Wildman–Crippen LogP) is 2.36. The predicted molar refractivity (Wildman–Crippen MR) is 61.0 cm³/mol. The van der Waals surface area contributed by atoms with Crippen LogP contribution in [0.4, 0.5) is 4.39 Å². The van der Waals surface area contributed by atoms with Gasteiger partial charge in [-0.25, -0.2) is 4.39 Å². The van der Waals surface area contributed by atoms with Crippen molar-refractivity contribution in [3.8, 4) is 0 Å². The second kappa shape index (κ2) is 6.54. The summed E-state index contributed by atoms with van der Waals surface area (Å²) in [5.74, 6) is -0.753. The third-order valence-corrected chi connectivity index (χ3v) is 2.71. The molecule has 1 aliphatic rings. The maximum absolute atomic E-state index is 12.4. The number of benzene rings is 1. The molecule has 0 aliphatic carbocycles. The molecule has 18 heavy (non-hydrogen) atoms. The van der Waals surface area contributed by atoms with Gasteiger partial charge >= 0.3 is 0 Å². The molecule has 92 valence electrons.